The summed E-state index contributed by atoms with van der Waals surface area (Å²) in [6.45, 7) is 1.52. The molecule has 0 radical (unpaired) electrons. The van der Waals surface area contributed by atoms with Gasteiger partial charge in [-0.15, -0.1) is 0 Å². The Morgan fingerprint density at radius 2 is 1.81 bits per heavy atom. The molecule has 3 rings (SSSR count). The van der Waals surface area contributed by atoms with E-state index in [-0.39, 0.29) is 24.2 Å². The number of halogens is 1. The van der Waals surface area contributed by atoms with Crippen LogP contribution in [-0.2, 0) is 4.79 Å². The van der Waals surface area contributed by atoms with Crippen molar-refractivity contribution in [2.24, 2.45) is 0 Å². The summed E-state index contributed by atoms with van der Waals surface area (Å²) >= 11 is 5.91. The van der Waals surface area contributed by atoms with Crippen molar-refractivity contribution < 1.29 is 9.59 Å². The molecule has 1 aliphatic heterocycles. The summed E-state index contributed by atoms with van der Waals surface area (Å²) in [6.07, 6.45) is 0.290. The minimum atomic E-state index is -0.276. The number of Topliss-reactive ketones (excluding diaryl/α,β-unsaturated/α-hetero) is 1. The van der Waals surface area contributed by atoms with Crippen LogP contribution in [0.25, 0.3) is 0 Å². The van der Waals surface area contributed by atoms with E-state index in [0.717, 1.165) is 5.56 Å². The fourth-order valence-corrected chi connectivity index (χ4v) is 2.93. The maximum absolute atomic E-state index is 12.3. The minimum Gasteiger partial charge on any atom is -0.304 e. The standard InChI is InChI=1S/C17H14ClNO2/c1-11(20)19-15-5-3-2-4-14(15)17(21)10-16(19)12-6-8-13(18)9-7-12/h2-9,16H,10H2,1H3. The molecule has 1 unspecified atom stereocenters. The van der Waals surface area contributed by atoms with E-state index in [0.29, 0.717) is 16.3 Å². The molecule has 0 saturated heterocycles. The van der Waals surface area contributed by atoms with Gasteiger partial charge in [-0.25, -0.2) is 0 Å². The second-order valence-corrected chi connectivity index (χ2v) is 5.54. The summed E-state index contributed by atoms with van der Waals surface area (Å²) in [5, 5.41) is 0.635. The third kappa shape index (κ3) is 2.45. The Hall–Kier alpha value is -2.13. The van der Waals surface area contributed by atoms with Crippen LogP contribution >= 0.6 is 11.6 Å². The predicted octanol–water partition coefficient (Wildman–Crippen LogP) is 4.02. The van der Waals surface area contributed by atoms with Gasteiger partial charge in [0.1, 0.15) is 0 Å². The van der Waals surface area contributed by atoms with Crippen molar-refractivity contribution in [1.29, 1.82) is 0 Å². The van der Waals surface area contributed by atoms with Crippen molar-refractivity contribution in [3.63, 3.8) is 0 Å². The number of carbonyl (C=O) groups is 2. The number of fused-ring (bicyclic) bond motifs is 1. The molecule has 3 nitrogen and oxygen atoms in total. The average Bonchev–Trinajstić information content (AvgIpc) is 2.47. The number of ketones is 1. The summed E-state index contributed by atoms with van der Waals surface area (Å²) in [7, 11) is 0. The van der Waals surface area contributed by atoms with Crippen molar-refractivity contribution in [2.75, 3.05) is 4.90 Å². The molecule has 0 saturated carbocycles. The zero-order valence-corrected chi connectivity index (χ0v) is 12.3. The van der Waals surface area contributed by atoms with Gasteiger partial charge in [0, 0.05) is 23.9 Å². The number of amides is 1. The smallest absolute Gasteiger partial charge is 0.224 e. The van der Waals surface area contributed by atoms with Crippen molar-refractivity contribution in [3.05, 3.63) is 64.7 Å². The number of carbonyl (C=O) groups excluding carboxylic acids is 2. The van der Waals surface area contributed by atoms with Gasteiger partial charge < -0.3 is 4.90 Å². The molecule has 0 aromatic heterocycles. The second-order valence-electron chi connectivity index (χ2n) is 5.10. The molecule has 2 aromatic carbocycles. The molecule has 21 heavy (non-hydrogen) atoms. The zero-order valence-electron chi connectivity index (χ0n) is 11.5. The average molecular weight is 300 g/mol. The minimum absolute atomic E-state index is 0.0584. The van der Waals surface area contributed by atoms with Gasteiger partial charge in [-0.3, -0.25) is 9.59 Å². The zero-order chi connectivity index (χ0) is 15.0. The van der Waals surface area contributed by atoms with Crippen molar-refractivity contribution in [2.45, 2.75) is 19.4 Å². The highest BCUT2D eigenvalue weighted by Crippen LogP contribution is 2.38. The quantitative estimate of drug-likeness (QED) is 0.797. The molecule has 1 aliphatic rings. The van der Waals surface area contributed by atoms with Crippen molar-refractivity contribution >= 4 is 29.0 Å². The summed E-state index contributed by atoms with van der Waals surface area (Å²) in [5.74, 6) is -0.0158. The number of benzene rings is 2. The Labute approximate surface area is 128 Å². The first-order valence-corrected chi connectivity index (χ1v) is 7.13. The van der Waals surface area contributed by atoms with E-state index in [1.54, 1.807) is 23.1 Å². The van der Waals surface area contributed by atoms with Crippen LogP contribution in [0.5, 0.6) is 0 Å². The van der Waals surface area contributed by atoms with E-state index >= 15 is 0 Å². The van der Waals surface area contributed by atoms with Crippen LogP contribution in [0.1, 0.15) is 35.3 Å². The lowest BCUT2D eigenvalue weighted by Gasteiger charge is -2.36. The molecule has 0 spiro atoms. The topological polar surface area (TPSA) is 37.4 Å². The van der Waals surface area contributed by atoms with E-state index < -0.39 is 0 Å². The lowest BCUT2D eigenvalue weighted by Crippen LogP contribution is -2.38. The highest BCUT2D eigenvalue weighted by molar-refractivity contribution is 6.30. The number of hydrogen-bond donors (Lipinski definition) is 0. The lowest BCUT2D eigenvalue weighted by molar-refractivity contribution is -0.117. The second kappa shape index (κ2) is 5.34. The molecule has 0 aliphatic carbocycles. The van der Waals surface area contributed by atoms with E-state index in [1.807, 2.05) is 30.3 Å². The van der Waals surface area contributed by atoms with Gasteiger partial charge in [0.2, 0.25) is 5.91 Å². The molecule has 0 N–H and O–H groups in total. The normalized spacial score (nSPS) is 17.5. The summed E-state index contributed by atoms with van der Waals surface area (Å²) in [6, 6.07) is 14.3. The van der Waals surface area contributed by atoms with E-state index in [2.05, 4.69) is 0 Å². The Kier molecular flexibility index (Phi) is 3.52. The van der Waals surface area contributed by atoms with Crippen LogP contribution in [0.3, 0.4) is 0 Å². The maximum atomic E-state index is 12.3. The van der Waals surface area contributed by atoms with Crippen LogP contribution in [0.15, 0.2) is 48.5 Å². The highest BCUT2D eigenvalue weighted by atomic mass is 35.5. The van der Waals surface area contributed by atoms with Gasteiger partial charge in [-0.05, 0) is 29.8 Å². The van der Waals surface area contributed by atoms with Crippen LogP contribution in [-0.4, -0.2) is 11.7 Å². The Morgan fingerprint density at radius 1 is 1.14 bits per heavy atom. The third-order valence-corrected chi connectivity index (χ3v) is 4.00. The number of para-hydroxylation sites is 1. The Morgan fingerprint density at radius 3 is 2.48 bits per heavy atom. The summed E-state index contributed by atoms with van der Waals surface area (Å²) < 4.78 is 0. The summed E-state index contributed by atoms with van der Waals surface area (Å²) in [4.78, 5) is 26.1. The van der Waals surface area contributed by atoms with Crippen molar-refractivity contribution in [3.8, 4) is 0 Å². The van der Waals surface area contributed by atoms with E-state index in [9.17, 15) is 9.59 Å². The molecule has 1 heterocycles. The SMILES string of the molecule is CC(=O)N1c2ccccc2C(=O)CC1c1ccc(Cl)cc1. The largest absolute Gasteiger partial charge is 0.304 e. The first-order valence-electron chi connectivity index (χ1n) is 6.75. The van der Waals surface area contributed by atoms with Crippen molar-refractivity contribution in [1.82, 2.24) is 0 Å². The number of anilines is 1. The van der Waals surface area contributed by atoms with Gasteiger partial charge in [-0.2, -0.15) is 0 Å². The fraction of sp³-hybridized carbons (Fsp3) is 0.176. The number of rotatable bonds is 1. The number of hydrogen-bond acceptors (Lipinski definition) is 2. The highest BCUT2D eigenvalue weighted by Gasteiger charge is 2.34. The Bertz CT molecular complexity index is 709. The molecule has 106 valence electrons. The molecule has 0 fully saturated rings. The molecular formula is C17H14ClNO2. The first-order chi connectivity index (χ1) is 10.1. The predicted molar refractivity (Wildman–Crippen MR) is 82.7 cm³/mol. The summed E-state index contributed by atoms with van der Waals surface area (Å²) in [5.41, 5.74) is 2.21. The molecular weight excluding hydrogens is 286 g/mol. The van der Waals surface area contributed by atoms with Crippen LogP contribution in [0.2, 0.25) is 5.02 Å². The van der Waals surface area contributed by atoms with Crippen LogP contribution < -0.4 is 4.90 Å². The molecule has 0 bridgehead atoms. The van der Waals surface area contributed by atoms with Gasteiger partial charge in [0.05, 0.1) is 11.7 Å². The Balaban J connectivity index is 2.11. The molecule has 4 heteroatoms. The van der Waals surface area contributed by atoms with Crippen LogP contribution in [0, 0.1) is 0 Å². The van der Waals surface area contributed by atoms with Crippen LogP contribution in [0.4, 0.5) is 5.69 Å². The fourth-order valence-electron chi connectivity index (χ4n) is 2.81. The van der Waals surface area contributed by atoms with Gasteiger partial charge in [-0.1, -0.05) is 35.9 Å². The monoisotopic (exact) mass is 299 g/mol. The van der Waals surface area contributed by atoms with Gasteiger partial charge in [0.25, 0.3) is 0 Å². The molecule has 1 amide bonds. The molecule has 2 aromatic rings. The molecule has 1 atom stereocenters. The number of nitrogens with zero attached hydrogens (tertiary/aromatic N) is 1. The van der Waals surface area contributed by atoms with E-state index in [4.69, 9.17) is 11.6 Å². The first kappa shape index (κ1) is 13.8. The van der Waals surface area contributed by atoms with Gasteiger partial charge >= 0.3 is 0 Å². The lowest BCUT2D eigenvalue weighted by atomic mass is 9.90. The van der Waals surface area contributed by atoms with E-state index in [1.165, 1.54) is 6.92 Å². The van der Waals surface area contributed by atoms with Gasteiger partial charge in [0.15, 0.2) is 5.78 Å². The third-order valence-electron chi connectivity index (χ3n) is 3.75. The maximum Gasteiger partial charge on any atom is 0.224 e.